The van der Waals surface area contributed by atoms with Gasteiger partial charge in [-0.3, -0.25) is 0 Å². The van der Waals surface area contributed by atoms with E-state index in [4.69, 9.17) is 14.9 Å². The topological polar surface area (TPSA) is 48.4 Å². The highest BCUT2D eigenvalue weighted by Crippen LogP contribution is 2.29. The Morgan fingerprint density at radius 2 is 2.22 bits per heavy atom. The summed E-state index contributed by atoms with van der Waals surface area (Å²) in [6, 6.07) is 9.68. The van der Waals surface area contributed by atoms with Crippen LogP contribution in [0.3, 0.4) is 0 Å². The molecule has 2 N–H and O–H groups in total. The molecule has 3 nitrogen and oxygen atoms in total. The molecule has 1 heterocycles. The van der Waals surface area contributed by atoms with E-state index in [0.717, 1.165) is 34.3 Å². The summed E-state index contributed by atoms with van der Waals surface area (Å²) >= 11 is 1.69. The summed E-state index contributed by atoms with van der Waals surface area (Å²) in [5.74, 6) is 2.58. The van der Waals surface area contributed by atoms with Crippen LogP contribution in [0.5, 0.6) is 5.75 Å². The molecule has 2 aromatic rings. The van der Waals surface area contributed by atoms with Crippen LogP contribution in [0, 0.1) is 0 Å². The van der Waals surface area contributed by atoms with Crippen molar-refractivity contribution in [2.24, 2.45) is 0 Å². The fourth-order valence-electron chi connectivity index (χ4n) is 1.53. The second-order valence-electron chi connectivity index (χ2n) is 3.95. The molecule has 96 valence electrons. The first-order valence-corrected chi connectivity index (χ1v) is 6.95. The highest BCUT2D eigenvalue weighted by Gasteiger charge is 2.03. The number of furan rings is 1. The highest BCUT2D eigenvalue weighted by atomic mass is 32.2. The lowest BCUT2D eigenvalue weighted by molar-refractivity contribution is 0.317. The molecule has 4 heteroatoms. The molecular weight excluding hydrogens is 246 g/mol. The maximum atomic E-state index is 5.86. The van der Waals surface area contributed by atoms with Gasteiger partial charge in [-0.25, -0.2) is 0 Å². The van der Waals surface area contributed by atoms with E-state index in [1.807, 2.05) is 30.3 Å². The summed E-state index contributed by atoms with van der Waals surface area (Å²) in [5, 5.41) is 0. The van der Waals surface area contributed by atoms with Crippen LogP contribution in [0.4, 0.5) is 5.69 Å². The number of nitrogen functional groups attached to an aromatic ring is 1. The van der Waals surface area contributed by atoms with Crippen LogP contribution in [0.1, 0.15) is 19.1 Å². The maximum absolute atomic E-state index is 5.86. The maximum Gasteiger partial charge on any atom is 0.122 e. The summed E-state index contributed by atoms with van der Waals surface area (Å²) in [7, 11) is 0. The molecular formula is C14H17NO2S. The molecule has 0 atom stereocenters. The van der Waals surface area contributed by atoms with E-state index >= 15 is 0 Å². The Bertz CT molecular complexity index is 483. The minimum absolute atomic E-state index is 0.714. The number of ether oxygens (including phenoxy) is 1. The summed E-state index contributed by atoms with van der Waals surface area (Å²) in [5.41, 5.74) is 6.59. The molecule has 18 heavy (non-hydrogen) atoms. The van der Waals surface area contributed by atoms with Gasteiger partial charge in [-0.2, -0.15) is 0 Å². The van der Waals surface area contributed by atoms with Crippen molar-refractivity contribution < 1.29 is 9.15 Å². The lowest BCUT2D eigenvalue weighted by Crippen LogP contribution is -1.96. The molecule has 0 aliphatic heterocycles. The molecule has 0 saturated heterocycles. The van der Waals surface area contributed by atoms with Crippen LogP contribution in [0.25, 0.3) is 0 Å². The average molecular weight is 263 g/mol. The Kier molecular flexibility index (Phi) is 4.59. The van der Waals surface area contributed by atoms with Crippen LogP contribution < -0.4 is 10.5 Å². The second kappa shape index (κ2) is 6.40. The molecule has 0 aliphatic rings. The Hall–Kier alpha value is -1.55. The van der Waals surface area contributed by atoms with Crippen molar-refractivity contribution in [2.45, 2.75) is 24.0 Å². The van der Waals surface area contributed by atoms with Gasteiger partial charge in [0.1, 0.15) is 11.5 Å². The summed E-state index contributed by atoms with van der Waals surface area (Å²) in [4.78, 5) is 1.09. The molecule has 0 saturated carbocycles. The number of rotatable bonds is 6. The van der Waals surface area contributed by atoms with E-state index in [0.29, 0.717) is 6.61 Å². The predicted molar refractivity (Wildman–Crippen MR) is 74.9 cm³/mol. The van der Waals surface area contributed by atoms with Crippen molar-refractivity contribution in [3.05, 3.63) is 42.4 Å². The largest absolute Gasteiger partial charge is 0.493 e. The summed E-state index contributed by atoms with van der Waals surface area (Å²) in [6.07, 6.45) is 2.68. The van der Waals surface area contributed by atoms with Crippen molar-refractivity contribution >= 4 is 17.4 Å². The van der Waals surface area contributed by atoms with E-state index in [9.17, 15) is 0 Å². The highest BCUT2D eigenvalue weighted by molar-refractivity contribution is 7.98. The third-order valence-electron chi connectivity index (χ3n) is 2.34. The normalized spacial score (nSPS) is 10.5. The molecule has 0 spiro atoms. The molecule has 2 rings (SSSR count). The molecule has 0 radical (unpaired) electrons. The lowest BCUT2D eigenvalue weighted by atomic mass is 10.3. The first kappa shape index (κ1) is 12.9. The van der Waals surface area contributed by atoms with Gasteiger partial charge in [0.05, 0.1) is 18.6 Å². The van der Waals surface area contributed by atoms with Crippen LogP contribution in [0.2, 0.25) is 0 Å². The second-order valence-corrected chi connectivity index (χ2v) is 5.00. The fourth-order valence-corrected chi connectivity index (χ4v) is 2.42. The molecule has 0 aliphatic carbocycles. The smallest absolute Gasteiger partial charge is 0.122 e. The summed E-state index contributed by atoms with van der Waals surface area (Å²) in [6.45, 7) is 2.80. The third kappa shape index (κ3) is 3.74. The van der Waals surface area contributed by atoms with Crippen LogP contribution >= 0.6 is 11.8 Å². The molecule has 0 amide bonds. The van der Waals surface area contributed by atoms with Gasteiger partial charge in [-0.05, 0) is 30.7 Å². The minimum Gasteiger partial charge on any atom is -0.493 e. The SMILES string of the molecule is CCCOc1cc(N)cc(SCc2ccco2)c1. The minimum atomic E-state index is 0.714. The first-order chi connectivity index (χ1) is 8.78. The lowest BCUT2D eigenvalue weighted by Gasteiger charge is -2.08. The fraction of sp³-hybridized carbons (Fsp3) is 0.286. The molecule has 0 fully saturated rings. The molecule has 0 bridgehead atoms. The number of anilines is 1. The Morgan fingerprint density at radius 3 is 2.94 bits per heavy atom. The van der Waals surface area contributed by atoms with E-state index in [1.54, 1.807) is 18.0 Å². The Morgan fingerprint density at radius 1 is 1.33 bits per heavy atom. The quantitative estimate of drug-likeness (QED) is 0.633. The van der Waals surface area contributed by atoms with E-state index in [2.05, 4.69) is 6.92 Å². The molecule has 1 aromatic carbocycles. The van der Waals surface area contributed by atoms with Crippen LogP contribution in [-0.4, -0.2) is 6.61 Å². The zero-order chi connectivity index (χ0) is 12.8. The molecule has 1 aromatic heterocycles. The van der Waals surface area contributed by atoms with Gasteiger partial charge in [0.25, 0.3) is 0 Å². The van der Waals surface area contributed by atoms with Crippen LogP contribution in [-0.2, 0) is 5.75 Å². The van der Waals surface area contributed by atoms with Crippen molar-refractivity contribution in [1.82, 2.24) is 0 Å². The first-order valence-electron chi connectivity index (χ1n) is 5.96. The van der Waals surface area contributed by atoms with Gasteiger partial charge in [0.2, 0.25) is 0 Å². The molecule has 0 unspecified atom stereocenters. The van der Waals surface area contributed by atoms with Crippen molar-refractivity contribution in [2.75, 3.05) is 12.3 Å². The van der Waals surface area contributed by atoms with Gasteiger partial charge >= 0.3 is 0 Å². The van der Waals surface area contributed by atoms with Gasteiger partial charge in [0.15, 0.2) is 0 Å². The predicted octanol–water partition coefficient (Wildman–Crippen LogP) is 3.94. The number of hydrogen-bond acceptors (Lipinski definition) is 4. The van der Waals surface area contributed by atoms with Gasteiger partial charge in [-0.15, -0.1) is 11.8 Å². The summed E-state index contributed by atoms with van der Waals surface area (Å²) < 4.78 is 10.9. The zero-order valence-electron chi connectivity index (χ0n) is 10.4. The monoisotopic (exact) mass is 263 g/mol. The van der Waals surface area contributed by atoms with E-state index < -0.39 is 0 Å². The van der Waals surface area contributed by atoms with Gasteiger partial charge in [-0.1, -0.05) is 6.92 Å². The van der Waals surface area contributed by atoms with Crippen LogP contribution in [0.15, 0.2) is 45.9 Å². The zero-order valence-corrected chi connectivity index (χ0v) is 11.2. The van der Waals surface area contributed by atoms with E-state index in [-0.39, 0.29) is 0 Å². The number of nitrogens with two attached hydrogens (primary N) is 1. The number of thioether (sulfide) groups is 1. The Labute approximate surface area is 111 Å². The van der Waals surface area contributed by atoms with Crippen molar-refractivity contribution in [1.29, 1.82) is 0 Å². The van der Waals surface area contributed by atoms with Gasteiger partial charge in [0, 0.05) is 16.6 Å². The van der Waals surface area contributed by atoms with Gasteiger partial charge < -0.3 is 14.9 Å². The number of hydrogen-bond donors (Lipinski definition) is 1. The standard InChI is InChI=1S/C14H17NO2S/c1-2-5-16-13-7-11(15)8-14(9-13)18-10-12-4-3-6-17-12/h3-4,6-9H,2,5,10,15H2,1H3. The number of benzene rings is 1. The average Bonchev–Trinajstić information content (AvgIpc) is 2.86. The van der Waals surface area contributed by atoms with Crippen molar-refractivity contribution in [3.8, 4) is 5.75 Å². The van der Waals surface area contributed by atoms with Crippen molar-refractivity contribution in [3.63, 3.8) is 0 Å². The van der Waals surface area contributed by atoms with E-state index in [1.165, 1.54) is 0 Å². The third-order valence-corrected chi connectivity index (χ3v) is 3.33. The Balaban J connectivity index is 2.00.